The van der Waals surface area contributed by atoms with Crippen molar-refractivity contribution in [3.8, 4) is 0 Å². The summed E-state index contributed by atoms with van der Waals surface area (Å²) in [6.45, 7) is 0. The first-order valence-electron chi connectivity index (χ1n) is 3.16. The molecule has 1 aromatic carbocycles. The van der Waals surface area contributed by atoms with E-state index in [1.165, 1.54) is 6.07 Å². The monoisotopic (exact) mass is 189 g/mol. The largest absolute Gasteiger partial charge is 0.399 e. The Labute approximate surface area is 69.9 Å². The van der Waals surface area contributed by atoms with E-state index in [2.05, 4.69) is 0 Å². The molecule has 0 aliphatic carbocycles. The first kappa shape index (κ1) is 8.99. The Balaban J connectivity index is 3.37. The van der Waals surface area contributed by atoms with Crippen LogP contribution in [0.3, 0.4) is 0 Å². The summed E-state index contributed by atoms with van der Waals surface area (Å²) in [6, 6.07) is 3.22. The minimum absolute atomic E-state index is 0.0972. The van der Waals surface area contributed by atoms with Gasteiger partial charge in [-0.3, -0.25) is 0 Å². The molecule has 0 radical (unpaired) electrons. The smallest absolute Gasteiger partial charge is 0.175 e. The predicted molar refractivity (Wildman–Crippen MR) is 43.9 cm³/mol. The van der Waals surface area contributed by atoms with Crippen molar-refractivity contribution in [3.05, 3.63) is 24.0 Å². The van der Waals surface area contributed by atoms with Gasteiger partial charge in [-0.25, -0.2) is 12.8 Å². The molecule has 0 atom stereocenters. The van der Waals surface area contributed by atoms with Crippen molar-refractivity contribution in [1.29, 1.82) is 0 Å². The van der Waals surface area contributed by atoms with Gasteiger partial charge < -0.3 is 5.73 Å². The number of rotatable bonds is 1. The summed E-state index contributed by atoms with van der Waals surface area (Å²) in [5.74, 6) is -0.643. The number of hydrogen-bond donors (Lipinski definition) is 1. The molecule has 2 N–H and O–H groups in total. The minimum Gasteiger partial charge on any atom is -0.399 e. The van der Waals surface area contributed by atoms with Crippen molar-refractivity contribution in [2.45, 2.75) is 4.90 Å². The number of nitrogens with two attached hydrogens (primary N) is 1. The highest BCUT2D eigenvalue weighted by Crippen LogP contribution is 2.15. The van der Waals surface area contributed by atoms with Crippen LogP contribution in [0, 0.1) is 5.82 Å². The second-order valence-corrected chi connectivity index (χ2v) is 4.51. The lowest BCUT2D eigenvalue weighted by Crippen LogP contribution is -1.99. The fraction of sp³-hybridized carbons (Fsp3) is 0.143. The standard InChI is InChI=1S/C7H8FNO2S/c1-12(10,11)7-3-5(8)2-6(9)4-7/h2-4H,9H2,1H3. The highest BCUT2D eigenvalue weighted by molar-refractivity contribution is 7.90. The van der Waals surface area contributed by atoms with Crippen LogP contribution in [-0.4, -0.2) is 14.7 Å². The topological polar surface area (TPSA) is 60.2 Å². The molecule has 0 aromatic heterocycles. The third-order valence-electron chi connectivity index (χ3n) is 1.32. The molecule has 0 bridgehead atoms. The van der Waals surface area contributed by atoms with Gasteiger partial charge in [0.25, 0.3) is 0 Å². The number of nitrogen functional groups attached to an aromatic ring is 1. The van der Waals surface area contributed by atoms with E-state index in [0.717, 1.165) is 18.4 Å². The van der Waals surface area contributed by atoms with E-state index in [9.17, 15) is 12.8 Å². The maximum Gasteiger partial charge on any atom is 0.175 e. The van der Waals surface area contributed by atoms with Crippen molar-refractivity contribution in [3.63, 3.8) is 0 Å². The van der Waals surface area contributed by atoms with Crippen molar-refractivity contribution >= 4 is 15.5 Å². The average molecular weight is 189 g/mol. The Hall–Kier alpha value is -1.10. The van der Waals surface area contributed by atoms with E-state index >= 15 is 0 Å². The van der Waals surface area contributed by atoms with Crippen LogP contribution in [-0.2, 0) is 9.84 Å². The molecule has 0 aliphatic heterocycles. The molecule has 0 amide bonds. The molecular weight excluding hydrogens is 181 g/mol. The highest BCUT2D eigenvalue weighted by atomic mass is 32.2. The van der Waals surface area contributed by atoms with Gasteiger partial charge in [-0.1, -0.05) is 0 Å². The molecule has 0 heterocycles. The summed E-state index contributed by atoms with van der Waals surface area (Å²) >= 11 is 0. The molecule has 1 rings (SSSR count). The Morgan fingerprint density at radius 3 is 2.33 bits per heavy atom. The summed E-state index contributed by atoms with van der Waals surface area (Å²) in [5, 5.41) is 0. The zero-order valence-electron chi connectivity index (χ0n) is 6.41. The fourth-order valence-electron chi connectivity index (χ4n) is 0.798. The van der Waals surface area contributed by atoms with Gasteiger partial charge in [-0.15, -0.1) is 0 Å². The van der Waals surface area contributed by atoms with Gasteiger partial charge in [0.2, 0.25) is 0 Å². The van der Waals surface area contributed by atoms with Crippen LogP contribution in [0.1, 0.15) is 0 Å². The van der Waals surface area contributed by atoms with Crippen molar-refractivity contribution in [2.24, 2.45) is 0 Å². The molecule has 5 heteroatoms. The number of halogens is 1. The summed E-state index contributed by atoms with van der Waals surface area (Å²) < 4.78 is 34.4. The average Bonchev–Trinajstić information content (AvgIpc) is 1.82. The molecular formula is C7H8FNO2S. The Kier molecular flexibility index (Phi) is 2.06. The van der Waals surface area contributed by atoms with E-state index in [1.807, 2.05) is 0 Å². The van der Waals surface area contributed by atoms with Gasteiger partial charge in [0.1, 0.15) is 5.82 Å². The fourth-order valence-corrected chi connectivity index (χ4v) is 1.48. The van der Waals surface area contributed by atoms with Gasteiger partial charge in [0, 0.05) is 11.9 Å². The van der Waals surface area contributed by atoms with Crippen molar-refractivity contribution < 1.29 is 12.8 Å². The molecule has 0 unspecified atom stereocenters. The van der Waals surface area contributed by atoms with Crippen LogP contribution < -0.4 is 5.73 Å². The first-order chi connectivity index (χ1) is 5.39. The van der Waals surface area contributed by atoms with Crippen LogP contribution >= 0.6 is 0 Å². The summed E-state index contributed by atoms with van der Waals surface area (Å²) in [7, 11) is -3.37. The molecule has 12 heavy (non-hydrogen) atoms. The Morgan fingerprint density at radius 2 is 1.92 bits per heavy atom. The summed E-state index contributed by atoms with van der Waals surface area (Å²) in [4.78, 5) is -0.0972. The predicted octanol–water partition coefficient (Wildman–Crippen LogP) is 0.811. The molecule has 66 valence electrons. The van der Waals surface area contributed by atoms with E-state index in [1.54, 1.807) is 0 Å². The Bertz CT molecular complexity index is 380. The maximum absolute atomic E-state index is 12.6. The van der Waals surface area contributed by atoms with Crippen LogP contribution in [0.2, 0.25) is 0 Å². The van der Waals surface area contributed by atoms with E-state index in [0.29, 0.717) is 0 Å². The molecule has 0 spiro atoms. The molecule has 0 saturated heterocycles. The number of anilines is 1. The highest BCUT2D eigenvalue weighted by Gasteiger charge is 2.08. The second-order valence-electron chi connectivity index (χ2n) is 2.49. The lowest BCUT2D eigenvalue weighted by Gasteiger charge is -1.99. The van der Waals surface area contributed by atoms with Crippen LogP contribution in [0.15, 0.2) is 23.1 Å². The number of sulfone groups is 1. The van der Waals surface area contributed by atoms with Gasteiger partial charge in [0.15, 0.2) is 9.84 Å². The van der Waals surface area contributed by atoms with Crippen LogP contribution in [0.4, 0.5) is 10.1 Å². The number of benzene rings is 1. The molecule has 1 aromatic rings. The van der Waals surface area contributed by atoms with Gasteiger partial charge in [-0.05, 0) is 18.2 Å². The van der Waals surface area contributed by atoms with Crippen molar-refractivity contribution in [2.75, 3.05) is 12.0 Å². The van der Waals surface area contributed by atoms with E-state index < -0.39 is 15.7 Å². The van der Waals surface area contributed by atoms with E-state index in [-0.39, 0.29) is 10.6 Å². The second kappa shape index (κ2) is 2.75. The normalized spacial score (nSPS) is 11.5. The lowest BCUT2D eigenvalue weighted by atomic mass is 10.3. The van der Waals surface area contributed by atoms with Crippen LogP contribution in [0.25, 0.3) is 0 Å². The lowest BCUT2D eigenvalue weighted by molar-refractivity contribution is 0.596. The van der Waals surface area contributed by atoms with Gasteiger partial charge in [-0.2, -0.15) is 0 Å². The molecule has 3 nitrogen and oxygen atoms in total. The van der Waals surface area contributed by atoms with E-state index in [4.69, 9.17) is 5.73 Å². The molecule has 0 saturated carbocycles. The van der Waals surface area contributed by atoms with Crippen molar-refractivity contribution in [1.82, 2.24) is 0 Å². The summed E-state index contributed by atoms with van der Waals surface area (Å²) in [6.07, 6.45) is 1.00. The minimum atomic E-state index is -3.37. The zero-order valence-corrected chi connectivity index (χ0v) is 7.23. The Morgan fingerprint density at radius 1 is 1.33 bits per heavy atom. The molecule has 0 aliphatic rings. The maximum atomic E-state index is 12.6. The van der Waals surface area contributed by atoms with Gasteiger partial charge in [0.05, 0.1) is 4.90 Å². The number of hydrogen-bond acceptors (Lipinski definition) is 3. The zero-order chi connectivity index (χ0) is 9.35. The SMILES string of the molecule is CS(=O)(=O)c1cc(N)cc(F)c1. The summed E-state index contributed by atoms with van der Waals surface area (Å²) in [5.41, 5.74) is 5.36. The molecule has 0 fully saturated rings. The quantitative estimate of drug-likeness (QED) is 0.665. The van der Waals surface area contributed by atoms with Gasteiger partial charge >= 0.3 is 0 Å². The first-order valence-corrected chi connectivity index (χ1v) is 5.05. The van der Waals surface area contributed by atoms with Crippen LogP contribution in [0.5, 0.6) is 0 Å². The third kappa shape index (κ3) is 1.94. The third-order valence-corrected chi connectivity index (χ3v) is 2.41.